The largest absolute Gasteiger partial charge is 0.477 e. The first-order valence-corrected chi connectivity index (χ1v) is 7.03. The normalized spacial score (nSPS) is 10.7. The summed E-state index contributed by atoms with van der Waals surface area (Å²) in [5.74, 6) is -1.34. The molecule has 21 heavy (non-hydrogen) atoms. The van der Waals surface area contributed by atoms with Gasteiger partial charge in [-0.05, 0) is 23.6 Å². The van der Waals surface area contributed by atoms with E-state index in [1.807, 2.05) is 24.3 Å². The maximum atomic E-state index is 12.0. The number of carbonyl (C=O) groups is 2. The third-order valence-electron chi connectivity index (χ3n) is 2.97. The zero-order chi connectivity index (χ0) is 14.8. The number of anilines is 1. The second kappa shape index (κ2) is 5.37. The third kappa shape index (κ3) is 2.63. The number of carboxylic acid groups (broad SMARTS) is 1. The molecule has 1 aromatic carbocycles. The van der Waals surface area contributed by atoms with E-state index >= 15 is 0 Å². The van der Waals surface area contributed by atoms with Gasteiger partial charge >= 0.3 is 5.97 Å². The van der Waals surface area contributed by atoms with Gasteiger partial charge in [-0.15, -0.1) is 11.3 Å². The van der Waals surface area contributed by atoms with Crippen LogP contribution in [-0.4, -0.2) is 26.5 Å². The third-order valence-corrected chi connectivity index (χ3v) is 3.88. The average Bonchev–Trinajstić information content (AvgIpc) is 3.06. The number of nitrogens with zero attached hydrogens (tertiary/aromatic N) is 2. The molecule has 7 heteroatoms. The van der Waals surface area contributed by atoms with Gasteiger partial charge in [0, 0.05) is 0 Å². The van der Waals surface area contributed by atoms with Gasteiger partial charge in [-0.2, -0.15) is 0 Å². The molecule has 0 radical (unpaired) electrons. The van der Waals surface area contributed by atoms with Gasteiger partial charge in [0.1, 0.15) is 11.4 Å². The highest BCUT2D eigenvalue weighted by atomic mass is 32.1. The average molecular weight is 301 g/mol. The van der Waals surface area contributed by atoms with E-state index in [0.717, 1.165) is 22.4 Å². The number of benzene rings is 1. The number of carboxylic acids is 1. The molecule has 0 aliphatic heterocycles. The highest BCUT2D eigenvalue weighted by Crippen LogP contribution is 2.22. The second-order valence-corrected chi connectivity index (χ2v) is 5.29. The van der Waals surface area contributed by atoms with Gasteiger partial charge < -0.3 is 15.0 Å². The Morgan fingerprint density at radius 1 is 1.29 bits per heavy atom. The van der Waals surface area contributed by atoms with Crippen molar-refractivity contribution in [3.05, 3.63) is 46.9 Å². The smallest absolute Gasteiger partial charge is 0.348 e. The number of carbonyl (C=O) groups excluding carboxylic acids is 1. The van der Waals surface area contributed by atoms with Crippen LogP contribution in [0.3, 0.4) is 0 Å². The van der Waals surface area contributed by atoms with Gasteiger partial charge in [-0.1, -0.05) is 12.1 Å². The monoisotopic (exact) mass is 301 g/mol. The van der Waals surface area contributed by atoms with Gasteiger partial charge in [0.25, 0.3) is 0 Å². The fraction of sp³-hybridized carbons (Fsp3) is 0.0714. The van der Waals surface area contributed by atoms with Crippen LogP contribution >= 0.6 is 11.3 Å². The molecule has 0 atom stereocenters. The molecule has 2 heterocycles. The van der Waals surface area contributed by atoms with Crippen molar-refractivity contribution < 1.29 is 14.7 Å². The summed E-state index contributed by atoms with van der Waals surface area (Å²) in [6.45, 7) is 0.0788. The van der Waals surface area contributed by atoms with E-state index in [9.17, 15) is 9.59 Å². The maximum absolute atomic E-state index is 12.0. The van der Waals surface area contributed by atoms with Crippen molar-refractivity contribution in [1.29, 1.82) is 0 Å². The fourth-order valence-corrected chi connectivity index (χ4v) is 2.74. The molecule has 1 amide bonds. The molecule has 0 spiro atoms. The molecular weight excluding hydrogens is 290 g/mol. The van der Waals surface area contributed by atoms with E-state index in [0.29, 0.717) is 5.69 Å². The lowest BCUT2D eigenvalue weighted by atomic mass is 10.3. The minimum atomic E-state index is -1.05. The predicted molar refractivity (Wildman–Crippen MR) is 79.6 cm³/mol. The van der Waals surface area contributed by atoms with Crippen LogP contribution in [0.4, 0.5) is 5.69 Å². The topological polar surface area (TPSA) is 84.2 Å². The number of rotatable bonds is 4. The number of fused-ring (bicyclic) bond motifs is 1. The van der Waals surface area contributed by atoms with Gasteiger partial charge in [-0.3, -0.25) is 4.79 Å². The minimum Gasteiger partial charge on any atom is -0.477 e. The summed E-state index contributed by atoms with van der Waals surface area (Å²) in [4.78, 5) is 27.4. The Morgan fingerprint density at radius 3 is 2.90 bits per heavy atom. The zero-order valence-corrected chi connectivity index (χ0v) is 11.6. The van der Waals surface area contributed by atoms with Crippen LogP contribution in [0.1, 0.15) is 9.67 Å². The number of aromatic carboxylic acids is 1. The summed E-state index contributed by atoms with van der Waals surface area (Å²) >= 11 is 1.08. The van der Waals surface area contributed by atoms with Crippen molar-refractivity contribution in [3.63, 3.8) is 0 Å². The van der Waals surface area contributed by atoms with E-state index in [1.165, 1.54) is 0 Å². The number of amides is 1. The highest BCUT2D eigenvalue weighted by Gasteiger charge is 2.14. The first-order valence-electron chi connectivity index (χ1n) is 6.15. The molecule has 3 aromatic rings. The molecule has 0 fully saturated rings. The number of nitrogens with one attached hydrogen (secondary N) is 1. The van der Waals surface area contributed by atoms with Crippen molar-refractivity contribution in [2.45, 2.75) is 6.54 Å². The minimum absolute atomic E-state index is 0.0788. The van der Waals surface area contributed by atoms with Crippen molar-refractivity contribution in [2.75, 3.05) is 5.32 Å². The molecular formula is C14H11N3O3S. The Morgan fingerprint density at radius 2 is 2.10 bits per heavy atom. The summed E-state index contributed by atoms with van der Waals surface area (Å²) in [6.07, 6.45) is 1.59. The maximum Gasteiger partial charge on any atom is 0.348 e. The SMILES string of the molecule is O=C(Cn1cnc2ccccc21)Nc1ccsc1C(=O)O. The molecule has 106 valence electrons. The summed E-state index contributed by atoms with van der Waals surface area (Å²) in [7, 11) is 0. The van der Waals surface area contributed by atoms with E-state index in [-0.39, 0.29) is 17.3 Å². The molecule has 0 saturated carbocycles. The fourth-order valence-electron chi connectivity index (χ4n) is 2.05. The second-order valence-electron chi connectivity index (χ2n) is 4.38. The quantitative estimate of drug-likeness (QED) is 0.775. The Hall–Kier alpha value is -2.67. The predicted octanol–water partition coefficient (Wildman–Crippen LogP) is 2.43. The lowest BCUT2D eigenvalue weighted by Gasteiger charge is -2.06. The first-order chi connectivity index (χ1) is 10.1. The van der Waals surface area contributed by atoms with Crippen LogP contribution in [0.15, 0.2) is 42.0 Å². The Bertz CT molecular complexity index is 822. The lowest BCUT2D eigenvalue weighted by Crippen LogP contribution is -2.19. The summed E-state index contributed by atoms with van der Waals surface area (Å²) < 4.78 is 1.72. The molecule has 2 N–H and O–H groups in total. The van der Waals surface area contributed by atoms with Crippen LogP contribution in [0.25, 0.3) is 11.0 Å². The molecule has 2 aromatic heterocycles. The van der Waals surface area contributed by atoms with Gasteiger partial charge in [-0.25, -0.2) is 9.78 Å². The molecule has 0 saturated heterocycles. The van der Waals surface area contributed by atoms with E-state index in [1.54, 1.807) is 22.3 Å². The standard InChI is InChI=1S/C14H11N3O3S/c18-12(16-10-5-6-21-13(10)14(19)20)7-17-8-15-9-3-1-2-4-11(9)17/h1-6,8H,7H2,(H,16,18)(H,19,20). The molecule has 3 rings (SSSR count). The summed E-state index contributed by atoms with van der Waals surface area (Å²) in [6, 6.07) is 9.08. The van der Waals surface area contributed by atoms with Crippen LogP contribution in [0.5, 0.6) is 0 Å². The number of para-hydroxylation sites is 2. The number of aromatic nitrogens is 2. The number of thiophene rings is 1. The lowest BCUT2D eigenvalue weighted by molar-refractivity contribution is -0.116. The van der Waals surface area contributed by atoms with Crippen molar-refractivity contribution >= 4 is 39.9 Å². The van der Waals surface area contributed by atoms with Crippen molar-refractivity contribution in [1.82, 2.24) is 9.55 Å². The molecule has 6 nitrogen and oxygen atoms in total. The summed E-state index contributed by atoms with van der Waals surface area (Å²) in [5, 5.41) is 13.3. The Labute approximate surface area is 123 Å². The van der Waals surface area contributed by atoms with Gasteiger partial charge in [0.05, 0.1) is 23.0 Å². The number of hydrogen-bond donors (Lipinski definition) is 2. The van der Waals surface area contributed by atoms with E-state index in [4.69, 9.17) is 5.11 Å². The number of hydrogen-bond acceptors (Lipinski definition) is 4. The van der Waals surface area contributed by atoms with Crippen LogP contribution in [0.2, 0.25) is 0 Å². The van der Waals surface area contributed by atoms with Crippen LogP contribution < -0.4 is 5.32 Å². The van der Waals surface area contributed by atoms with E-state index in [2.05, 4.69) is 10.3 Å². The van der Waals surface area contributed by atoms with Crippen LogP contribution in [-0.2, 0) is 11.3 Å². The number of imidazole rings is 1. The molecule has 0 bridgehead atoms. The van der Waals surface area contributed by atoms with Gasteiger partial charge in [0.15, 0.2) is 0 Å². The van der Waals surface area contributed by atoms with Crippen molar-refractivity contribution in [3.8, 4) is 0 Å². The van der Waals surface area contributed by atoms with Crippen molar-refractivity contribution in [2.24, 2.45) is 0 Å². The summed E-state index contributed by atoms with van der Waals surface area (Å²) in [5.41, 5.74) is 1.99. The molecule has 0 aliphatic rings. The zero-order valence-electron chi connectivity index (χ0n) is 10.8. The molecule has 0 unspecified atom stereocenters. The van der Waals surface area contributed by atoms with Gasteiger partial charge in [0.2, 0.25) is 5.91 Å². The van der Waals surface area contributed by atoms with Crippen LogP contribution in [0, 0.1) is 0 Å². The van der Waals surface area contributed by atoms with E-state index < -0.39 is 5.97 Å². The Balaban J connectivity index is 1.78. The first kappa shape index (κ1) is 13.3. The molecule has 0 aliphatic carbocycles. The highest BCUT2D eigenvalue weighted by molar-refractivity contribution is 7.12. The Kier molecular flexibility index (Phi) is 3.41.